The highest BCUT2D eigenvalue weighted by Crippen LogP contribution is 2.23. The van der Waals surface area contributed by atoms with Crippen molar-refractivity contribution in [3.05, 3.63) is 11.1 Å². The predicted octanol–water partition coefficient (Wildman–Crippen LogP) is 2.09. The molecule has 0 radical (unpaired) electrons. The fraction of sp³-hybridized carbons (Fsp3) is 0.667. The van der Waals surface area contributed by atoms with Gasteiger partial charge in [0.15, 0.2) is 10.9 Å². The standard InChI is InChI=1S/C12H18ClN3OS/c1-15-5-3-4-9(15)7-16(2)12-14-10(8-18-12)11(17)6-13/h8-9H,3-7H2,1-2H3. The van der Waals surface area contributed by atoms with Crippen molar-refractivity contribution in [3.8, 4) is 0 Å². The lowest BCUT2D eigenvalue weighted by atomic mass is 10.2. The van der Waals surface area contributed by atoms with Gasteiger partial charge in [0.2, 0.25) is 0 Å². The number of likely N-dealkylation sites (tertiary alicyclic amines) is 1. The highest BCUT2D eigenvalue weighted by molar-refractivity contribution is 7.13. The van der Waals surface area contributed by atoms with Crippen LogP contribution in [0.4, 0.5) is 5.13 Å². The zero-order valence-electron chi connectivity index (χ0n) is 10.7. The third-order valence-electron chi connectivity index (χ3n) is 3.38. The maximum absolute atomic E-state index is 11.4. The van der Waals surface area contributed by atoms with Gasteiger partial charge in [-0.3, -0.25) is 4.79 Å². The molecule has 1 unspecified atom stereocenters. The van der Waals surface area contributed by atoms with E-state index in [0.29, 0.717) is 11.7 Å². The van der Waals surface area contributed by atoms with Gasteiger partial charge in [-0.05, 0) is 26.4 Å². The first-order chi connectivity index (χ1) is 8.61. The largest absolute Gasteiger partial charge is 0.350 e. The number of ketones is 1. The average molecular weight is 288 g/mol. The number of alkyl halides is 1. The van der Waals surface area contributed by atoms with E-state index < -0.39 is 0 Å². The first-order valence-corrected chi connectivity index (χ1v) is 7.49. The summed E-state index contributed by atoms with van der Waals surface area (Å²) in [6.07, 6.45) is 2.50. The van der Waals surface area contributed by atoms with Crippen molar-refractivity contribution in [2.75, 3.05) is 38.0 Å². The Morgan fingerprint density at radius 3 is 3.11 bits per heavy atom. The van der Waals surface area contributed by atoms with Gasteiger partial charge in [-0.25, -0.2) is 4.98 Å². The lowest BCUT2D eigenvalue weighted by Crippen LogP contribution is -2.36. The minimum atomic E-state index is -0.106. The van der Waals surface area contributed by atoms with Crippen molar-refractivity contribution in [1.29, 1.82) is 0 Å². The molecule has 0 saturated carbocycles. The topological polar surface area (TPSA) is 36.4 Å². The molecule has 0 aromatic carbocycles. The number of rotatable bonds is 5. The van der Waals surface area contributed by atoms with Crippen LogP contribution in [0.5, 0.6) is 0 Å². The van der Waals surface area contributed by atoms with Gasteiger partial charge in [-0.15, -0.1) is 22.9 Å². The number of halogens is 1. The Labute approximate surface area is 117 Å². The van der Waals surface area contributed by atoms with Gasteiger partial charge in [-0.2, -0.15) is 0 Å². The zero-order chi connectivity index (χ0) is 13.1. The van der Waals surface area contributed by atoms with E-state index in [0.717, 1.165) is 11.7 Å². The molecular formula is C12H18ClN3OS. The van der Waals surface area contributed by atoms with Crippen molar-refractivity contribution >= 4 is 33.9 Å². The maximum Gasteiger partial charge on any atom is 0.196 e. The summed E-state index contributed by atoms with van der Waals surface area (Å²) >= 11 is 7.03. The fourth-order valence-corrected chi connectivity index (χ4v) is 3.18. The van der Waals surface area contributed by atoms with Crippen LogP contribution >= 0.6 is 22.9 Å². The first-order valence-electron chi connectivity index (χ1n) is 6.08. The van der Waals surface area contributed by atoms with E-state index in [1.807, 2.05) is 7.05 Å². The van der Waals surface area contributed by atoms with E-state index in [9.17, 15) is 4.79 Å². The zero-order valence-corrected chi connectivity index (χ0v) is 12.3. The van der Waals surface area contributed by atoms with Crippen molar-refractivity contribution in [2.45, 2.75) is 18.9 Å². The van der Waals surface area contributed by atoms with Crippen LogP contribution in [0, 0.1) is 0 Å². The lowest BCUT2D eigenvalue weighted by molar-refractivity contribution is 0.101. The van der Waals surface area contributed by atoms with E-state index in [-0.39, 0.29) is 11.7 Å². The average Bonchev–Trinajstić information content (AvgIpc) is 2.98. The maximum atomic E-state index is 11.4. The molecule has 0 spiro atoms. The Morgan fingerprint density at radius 1 is 1.72 bits per heavy atom. The normalized spacial score (nSPS) is 20.3. The molecule has 18 heavy (non-hydrogen) atoms. The van der Waals surface area contributed by atoms with Gasteiger partial charge in [0.25, 0.3) is 0 Å². The molecule has 1 aromatic heterocycles. The lowest BCUT2D eigenvalue weighted by Gasteiger charge is -2.25. The van der Waals surface area contributed by atoms with Gasteiger partial charge in [0, 0.05) is 25.0 Å². The monoisotopic (exact) mass is 287 g/mol. The van der Waals surface area contributed by atoms with Crippen LogP contribution in [-0.4, -0.2) is 54.8 Å². The molecule has 0 amide bonds. The molecule has 1 aliphatic rings. The highest BCUT2D eigenvalue weighted by Gasteiger charge is 2.23. The van der Waals surface area contributed by atoms with Crippen LogP contribution in [0.25, 0.3) is 0 Å². The number of anilines is 1. The van der Waals surface area contributed by atoms with Crippen LogP contribution in [0.3, 0.4) is 0 Å². The Hall–Kier alpha value is -0.650. The van der Waals surface area contributed by atoms with Crippen molar-refractivity contribution in [1.82, 2.24) is 9.88 Å². The molecule has 0 aliphatic carbocycles. The van der Waals surface area contributed by atoms with E-state index in [4.69, 9.17) is 11.6 Å². The smallest absolute Gasteiger partial charge is 0.196 e. The molecule has 2 rings (SSSR count). The van der Waals surface area contributed by atoms with E-state index >= 15 is 0 Å². The molecule has 4 nitrogen and oxygen atoms in total. The molecule has 2 heterocycles. The molecule has 1 atom stereocenters. The number of Topliss-reactive ketones (excluding diaryl/α,β-unsaturated/α-hetero) is 1. The number of carbonyl (C=O) groups is 1. The number of hydrogen-bond donors (Lipinski definition) is 0. The molecule has 1 aliphatic heterocycles. The minimum Gasteiger partial charge on any atom is -0.350 e. The van der Waals surface area contributed by atoms with Crippen molar-refractivity contribution in [2.24, 2.45) is 0 Å². The minimum absolute atomic E-state index is 0.00174. The molecule has 0 N–H and O–H groups in total. The summed E-state index contributed by atoms with van der Waals surface area (Å²) in [6, 6.07) is 0.589. The highest BCUT2D eigenvalue weighted by atomic mass is 35.5. The second-order valence-electron chi connectivity index (χ2n) is 4.73. The number of hydrogen-bond acceptors (Lipinski definition) is 5. The van der Waals surface area contributed by atoms with Crippen LogP contribution in [0.1, 0.15) is 23.3 Å². The number of thiazole rings is 1. The summed E-state index contributed by atoms with van der Waals surface area (Å²) < 4.78 is 0. The Morgan fingerprint density at radius 2 is 2.50 bits per heavy atom. The summed E-state index contributed by atoms with van der Waals surface area (Å²) in [5.74, 6) is -0.108. The molecule has 100 valence electrons. The molecule has 0 bridgehead atoms. The predicted molar refractivity (Wildman–Crippen MR) is 76.1 cm³/mol. The number of nitrogens with zero attached hydrogens (tertiary/aromatic N) is 3. The van der Waals surface area contributed by atoms with Crippen LogP contribution in [0.2, 0.25) is 0 Å². The summed E-state index contributed by atoms with van der Waals surface area (Å²) in [5.41, 5.74) is 0.483. The second-order valence-corrected chi connectivity index (χ2v) is 5.83. The first kappa shape index (κ1) is 13.8. The fourth-order valence-electron chi connectivity index (χ4n) is 2.24. The van der Waals surface area contributed by atoms with E-state index in [1.54, 1.807) is 5.38 Å². The third kappa shape index (κ3) is 3.02. The molecule has 1 fully saturated rings. The van der Waals surface area contributed by atoms with Crippen LogP contribution < -0.4 is 4.90 Å². The molecule has 1 saturated heterocycles. The van der Waals surface area contributed by atoms with Crippen LogP contribution in [-0.2, 0) is 0 Å². The summed E-state index contributed by atoms with van der Waals surface area (Å²) in [5, 5.41) is 2.68. The summed E-state index contributed by atoms with van der Waals surface area (Å²) in [6.45, 7) is 2.13. The van der Waals surface area contributed by atoms with Gasteiger partial charge >= 0.3 is 0 Å². The Kier molecular flexibility index (Phi) is 4.59. The van der Waals surface area contributed by atoms with Crippen molar-refractivity contribution in [3.63, 3.8) is 0 Å². The van der Waals surface area contributed by atoms with Gasteiger partial charge in [-0.1, -0.05) is 0 Å². The third-order valence-corrected chi connectivity index (χ3v) is 4.58. The Balaban J connectivity index is 1.98. The SMILES string of the molecule is CN(CC1CCCN1C)c1nc(C(=O)CCl)cs1. The molecule has 1 aromatic rings. The quantitative estimate of drug-likeness (QED) is 0.614. The number of likely N-dealkylation sites (N-methyl/N-ethyl adjacent to an activating group) is 2. The Bertz CT molecular complexity index is 423. The van der Waals surface area contributed by atoms with Gasteiger partial charge < -0.3 is 9.80 Å². The van der Waals surface area contributed by atoms with E-state index in [2.05, 4.69) is 21.8 Å². The molecule has 6 heteroatoms. The number of carbonyl (C=O) groups excluding carboxylic acids is 1. The summed E-state index contributed by atoms with van der Waals surface area (Å²) in [7, 11) is 4.19. The van der Waals surface area contributed by atoms with Gasteiger partial charge in [0.1, 0.15) is 5.69 Å². The molecular weight excluding hydrogens is 270 g/mol. The second kappa shape index (κ2) is 5.99. The van der Waals surface area contributed by atoms with Gasteiger partial charge in [0.05, 0.1) is 5.88 Å². The van der Waals surface area contributed by atoms with Crippen molar-refractivity contribution < 1.29 is 4.79 Å². The van der Waals surface area contributed by atoms with E-state index in [1.165, 1.54) is 30.7 Å². The number of aromatic nitrogens is 1. The summed E-state index contributed by atoms with van der Waals surface area (Å²) in [4.78, 5) is 20.3. The van der Waals surface area contributed by atoms with Crippen LogP contribution in [0.15, 0.2) is 5.38 Å².